The monoisotopic (exact) mass is 269 g/mol. The molecule has 6 heteroatoms. The minimum atomic E-state index is 0.00888. The van der Waals surface area contributed by atoms with E-state index >= 15 is 0 Å². The highest BCUT2D eigenvalue weighted by molar-refractivity contribution is 5.79. The third-order valence-corrected chi connectivity index (χ3v) is 3.88. The van der Waals surface area contributed by atoms with Gasteiger partial charge < -0.3 is 19.9 Å². The number of hydrogen-bond acceptors (Lipinski definition) is 4. The molecule has 0 saturated carbocycles. The first-order valence-electron chi connectivity index (χ1n) is 6.96. The molecule has 0 aliphatic carbocycles. The molecule has 0 aromatic heterocycles. The molecule has 2 saturated heterocycles. The summed E-state index contributed by atoms with van der Waals surface area (Å²) in [4.78, 5) is 27.4. The third-order valence-electron chi connectivity index (χ3n) is 3.88. The molecule has 2 aliphatic rings. The molecule has 19 heavy (non-hydrogen) atoms. The lowest BCUT2D eigenvalue weighted by Crippen LogP contribution is -2.51. The van der Waals surface area contributed by atoms with E-state index in [0.29, 0.717) is 38.5 Å². The van der Waals surface area contributed by atoms with Crippen molar-refractivity contribution >= 4 is 11.8 Å². The van der Waals surface area contributed by atoms with E-state index in [2.05, 4.69) is 5.32 Å². The largest absolute Gasteiger partial charge is 0.375 e. The van der Waals surface area contributed by atoms with Crippen LogP contribution in [0.5, 0.6) is 0 Å². The first-order chi connectivity index (χ1) is 9.20. The quantitative estimate of drug-likeness (QED) is 0.733. The average Bonchev–Trinajstić information content (AvgIpc) is 2.92. The van der Waals surface area contributed by atoms with Crippen LogP contribution in [0.4, 0.5) is 0 Å². The fraction of sp³-hybridized carbons (Fsp3) is 0.846. The van der Waals surface area contributed by atoms with Crippen molar-refractivity contribution in [2.24, 2.45) is 5.92 Å². The molecule has 0 aromatic rings. The van der Waals surface area contributed by atoms with Crippen molar-refractivity contribution < 1.29 is 14.3 Å². The zero-order valence-electron chi connectivity index (χ0n) is 11.6. The average molecular weight is 269 g/mol. The maximum Gasteiger partial charge on any atom is 0.248 e. The van der Waals surface area contributed by atoms with Crippen LogP contribution in [0.25, 0.3) is 0 Å². The maximum absolute atomic E-state index is 12.1. The second kappa shape index (κ2) is 6.86. The van der Waals surface area contributed by atoms with E-state index in [0.717, 1.165) is 19.5 Å². The van der Waals surface area contributed by atoms with Gasteiger partial charge in [0.1, 0.15) is 6.61 Å². The summed E-state index contributed by atoms with van der Waals surface area (Å²) in [5, 5.41) is 3.28. The lowest BCUT2D eigenvalue weighted by atomic mass is 10.0. The fourth-order valence-electron chi connectivity index (χ4n) is 2.68. The second-order valence-corrected chi connectivity index (χ2v) is 5.26. The Morgan fingerprint density at radius 3 is 2.32 bits per heavy atom. The first kappa shape index (κ1) is 14.3. The summed E-state index contributed by atoms with van der Waals surface area (Å²) in [5.74, 6) is 0.725. The van der Waals surface area contributed by atoms with Crippen LogP contribution in [-0.4, -0.2) is 74.6 Å². The van der Waals surface area contributed by atoms with Gasteiger partial charge in [-0.2, -0.15) is 0 Å². The summed E-state index contributed by atoms with van der Waals surface area (Å²) in [7, 11) is 1.52. The zero-order chi connectivity index (χ0) is 13.7. The van der Waals surface area contributed by atoms with Gasteiger partial charge in [0, 0.05) is 39.7 Å². The second-order valence-electron chi connectivity index (χ2n) is 5.26. The Bertz CT molecular complexity index is 321. The van der Waals surface area contributed by atoms with E-state index in [9.17, 15) is 9.59 Å². The Kier molecular flexibility index (Phi) is 5.15. The summed E-state index contributed by atoms with van der Waals surface area (Å²) in [5.41, 5.74) is 0. The number of ether oxygens (including phenoxy) is 1. The van der Waals surface area contributed by atoms with Crippen LogP contribution in [0, 0.1) is 5.92 Å². The number of methoxy groups -OCH3 is 1. The minimum absolute atomic E-state index is 0.00888. The van der Waals surface area contributed by atoms with Gasteiger partial charge in [0.2, 0.25) is 11.8 Å². The lowest BCUT2D eigenvalue weighted by molar-refractivity contribution is -0.142. The normalized spacial score (nSPS) is 23.7. The van der Waals surface area contributed by atoms with E-state index in [1.807, 2.05) is 4.90 Å². The molecule has 108 valence electrons. The molecule has 0 spiro atoms. The SMILES string of the molecule is COCC(=O)N1CCN(C(=O)CC2CCNC2)CC1. The van der Waals surface area contributed by atoms with Crippen molar-refractivity contribution in [3.63, 3.8) is 0 Å². The molecule has 2 heterocycles. The van der Waals surface area contributed by atoms with Crippen molar-refractivity contribution in [3.8, 4) is 0 Å². The number of nitrogens with zero attached hydrogens (tertiary/aromatic N) is 2. The van der Waals surface area contributed by atoms with Crippen LogP contribution >= 0.6 is 0 Å². The standard InChI is InChI=1S/C13H23N3O3/c1-19-10-13(18)16-6-4-15(5-7-16)12(17)8-11-2-3-14-9-11/h11,14H,2-10H2,1H3. The first-order valence-corrected chi connectivity index (χ1v) is 6.96. The van der Waals surface area contributed by atoms with Crippen LogP contribution in [-0.2, 0) is 14.3 Å². The summed E-state index contributed by atoms with van der Waals surface area (Å²) >= 11 is 0. The molecular formula is C13H23N3O3. The van der Waals surface area contributed by atoms with Gasteiger partial charge in [0.05, 0.1) is 0 Å². The Hall–Kier alpha value is -1.14. The number of rotatable bonds is 4. The number of amides is 2. The van der Waals surface area contributed by atoms with E-state index < -0.39 is 0 Å². The highest BCUT2D eigenvalue weighted by atomic mass is 16.5. The van der Waals surface area contributed by atoms with Gasteiger partial charge in [-0.25, -0.2) is 0 Å². The molecule has 1 N–H and O–H groups in total. The number of nitrogens with one attached hydrogen (secondary N) is 1. The minimum Gasteiger partial charge on any atom is -0.375 e. The van der Waals surface area contributed by atoms with Crippen LogP contribution < -0.4 is 5.32 Å². The van der Waals surface area contributed by atoms with Gasteiger partial charge in [-0.1, -0.05) is 0 Å². The number of hydrogen-bond donors (Lipinski definition) is 1. The summed E-state index contributed by atoms with van der Waals surface area (Å²) in [6, 6.07) is 0. The van der Waals surface area contributed by atoms with Gasteiger partial charge in [0.15, 0.2) is 0 Å². The van der Waals surface area contributed by atoms with Gasteiger partial charge in [-0.3, -0.25) is 9.59 Å². The van der Waals surface area contributed by atoms with Crippen molar-refractivity contribution in [1.82, 2.24) is 15.1 Å². The van der Waals surface area contributed by atoms with Crippen LogP contribution in [0.3, 0.4) is 0 Å². The molecule has 2 fully saturated rings. The predicted octanol–water partition coefficient (Wildman–Crippen LogP) is -0.697. The van der Waals surface area contributed by atoms with Gasteiger partial charge >= 0.3 is 0 Å². The molecule has 2 aliphatic heterocycles. The fourth-order valence-corrected chi connectivity index (χ4v) is 2.68. The van der Waals surface area contributed by atoms with Crippen LogP contribution in [0.2, 0.25) is 0 Å². The number of carbonyl (C=O) groups is 2. The molecular weight excluding hydrogens is 246 g/mol. The molecule has 0 bridgehead atoms. The Morgan fingerprint density at radius 1 is 1.16 bits per heavy atom. The number of carbonyl (C=O) groups excluding carboxylic acids is 2. The predicted molar refractivity (Wildman–Crippen MR) is 70.6 cm³/mol. The van der Waals surface area contributed by atoms with Crippen molar-refractivity contribution in [2.45, 2.75) is 12.8 Å². The molecule has 2 amide bonds. The van der Waals surface area contributed by atoms with E-state index in [1.54, 1.807) is 4.90 Å². The van der Waals surface area contributed by atoms with Crippen LogP contribution in [0.1, 0.15) is 12.8 Å². The molecule has 1 unspecified atom stereocenters. The topological polar surface area (TPSA) is 61.9 Å². The number of piperazine rings is 1. The molecule has 0 radical (unpaired) electrons. The smallest absolute Gasteiger partial charge is 0.248 e. The van der Waals surface area contributed by atoms with Gasteiger partial charge in [0.25, 0.3) is 0 Å². The van der Waals surface area contributed by atoms with Crippen molar-refractivity contribution in [3.05, 3.63) is 0 Å². The maximum atomic E-state index is 12.1. The highest BCUT2D eigenvalue weighted by Crippen LogP contribution is 2.15. The van der Waals surface area contributed by atoms with Crippen molar-refractivity contribution in [2.75, 3.05) is 53.0 Å². The molecule has 0 aromatic carbocycles. The Morgan fingerprint density at radius 2 is 1.79 bits per heavy atom. The molecule has 1 atom stereocenters. The molecule has 2 rings (SSSR count). The highest BCUT2D eigenvalue weighted by Gasteiger charge is 2.26. The zero-order valence-corrected chi connectivity index (χ0v) is 11.6. The summed E-state index contributed by atoms with van der Waals surface area (Å²) in [6.45, 7) is 4.65. The van der Waals surface area contributed by atoms with E-state index in [1.165, 1.54) is 7.11 Å². The summed E-state index contributed by atoms with van der Waals surface area (Å²) in [6.07, 6.45) is 1.73. The third kappa shape index (κ3) is 3.91. The van der Waals surface area contributed by atoms with Gasteiger partial charge in [-0.05, 0) is 25.4 Å². The summed E-state index contributed by atoms with van der Waals surface area (Å²) < 4.78 is 4.84. The van der Waals surface area contributed by atoms with Crippen LogP contribution in [0.15, 0.2) is 0 Å². The Labute approximate surface area is 114 Å². The van der Waals surface area contributed by atoms with Gasteiger partial charge in [-0.15, -0.1) is 0 Å². The van der Waals surface area contributed by atoms with E-state index in [-0.39, 0.29) is 18.4 Å². The lowest BCUT2D eigenvalue weighted by Gasteiger charge is -2.35. The van der Waals surface area contributed by atoms with E-state index in [4.69, 9.17) is 4.74 Å². The van der Waals surface area contributed by atoms with Crippen molar-refractivity contribution in [1.29, 1.82) is 0 Å². The molecule has 6 nitrogen and oxygen atoms in total. The Balaban J connectivity index is 1.72.